The van der Waals surface area contributed by atoms with E-state index in [-0.39, 0.29) is 11.4 Å². The number of carbonyl (C=O) groups excluding carboxylic acids is 4. The number of anilines is 2. The van der Waals surface area contributed by atoms with Crippen molar-refractivity contribution in [3.8, 4) is 0 Å². The van der Waals surface area contributed by atoms with E-state index in [4.69, 9.17) is 23.4 Å². The molecule has 0 aromatic heterocycles. The van der Waals surface area contributed by atoms with Crippen LogP contribution in [0.3, 0.4) is 0 Å². The molecule has 1 aromatic carbocycles. The molecule has 0 heterocycles. The molecule has 22 heavy (non-hydrogen) atoms. The minimum atomic E-state index is -1.11. The van der Waals surface area contributed by atoms with Crippen LogP contribution in [0.4, 0.5) is 11.4 Å². The van der Waals surface area contributed by atoms with Gasteiger partial charge in [-0.2, -0.15) is 0 Å². The van der Waals surface area contributed by atoms with Crippen LogP contribution in [0.1, 0.15) is 0 Å². The molecule has 12 nitrogen and oxygen atoms in total. The molecule has 0 radical (unpaired) electrons. The number of amides is 4. The Hall–Kier alpha value is -3.06. The number of rotatable bonds is 2. The third kappa shape index (κ3) is 3.53. The van der Waals surface area contributed by atoms with Crippen LogP contribution in [-0.2, 0) is 19.2 Å². The quantitative estimate of drug-likeness (QED) is 0.137. The van der Waals surface area contributed by atoms with E-state index < -0.39 is 23.6 Å². The first-order valence-electron chi connectivity index (χ1n) is 5.63. The van der Waals surface area contributed by atoms with E-state index in [9.17, 15) is 19.2 Å². The summed E-state index contributed by atoms with van der Waals surface area (Å²) in [5.74, 6) is 16.1. The molecular weight excluding hydrogens is 296 g/mol. The number of nitrogens with one attached hydrogen (secondary N) is 2. The number of nitrogens with two attached hydrogens (primary N) is 4. The van der Waals surface area contributed by atoms with Gasteiger partial charge in [-0.05, 0) is 24.3 Å². The molecule has 0 aliphatic carbocycles. The van der Waals surface area contributed by atoms with Gasteiger partial charge in [0.05, 0.1) is 11.4 Å². The summed E-state index contributed by atoms with van der Waals surface area (Å²) in [4.78, 5) is 45.1. The molecule has 0 bridgehead atoms. The van der Waals surface area contributed by atoms with Gasteiger partial charge in [-0.25, -0.2) is 33.4 Å². The van der Waals surface area contributed by atoms with Gasteiger partial charge in [0.2, 0.25) is 0 Å². The Morgan fingerprint density at radius 3 is 1.23 bits per heavy atom. The summed E-state index contributed by atoms with van der Waals surface area (Å²) in [6.07, 6.45) is 0. The summed E-state index contributed by atoms with van der Waals surface area (Å²) in [7, 11) is 0. The highest BCUT2D eigenvalue weighted by molar-refractivity contribution is 6.40. The smallest absolute Gasteiger partial charge is 0.286 e. The molecule has 0 spiro atoms. The van der Waals surface area contributed by atoms with E-state index in [2.05, 4.69) is 0 Å². The number of hydrogen-bond acceptors (Lipinski definition) is 8. The highest BCUT2D eigenvalue weighted by Gasteiger charge is 2.22. The Bertz CT molecular complexity index is 548. The van der Waals surface area contributed by atoms with Gasteiger partial charge in [0.25, 0.3) is 0 Å². The molecule has 0 fully saturated rings. The van der Waals surface area contributed by atoms with Crippen molar-refractivity contribution in [2.75, 3.05) is 10.0 Å². The van der Waals surface area contributed by atoms with Crippen molar-refractivity contribution >= 4 is 35.0 Å². The fraction of sp³-hybridized carbons (Fsp3) is 0. The van der Waals surface area contributed by atoms with E-state index in [1.165, 1.54) is 24.3 Å². The maximum atomic E-state index is 11.5. The van der Waals surface area contributed by atoms with E-state index in [0.717, 1.165) is 0 Å². The number of hydrogen-bond donors (Lipinski definition) is 6. The molecule has 0 aliphatic rings. The average molecular weight is 310 g/mol. The van der Waals surface area contributed by atoms with Crippen LogP contribution in [0.5, 0.6) is 0 Å². The Balaban J connectivity index is 2.91. The van der Waals surface area contributed by atoms with Crippen molar-refractivity contribution in [3.05, 3.63) is 24.3 Å². The predicted octanol–water partition coefficient (Wildman–Crippen LogP) is -3.92. The Morgan fingerprint density at radius 1 is 0.727 bits per heavy atom. The highest BCUT2D eigenvalue weighted by atomic mass is 16.2. The summed E-state index contributed by atoms with van der Waals surface area (Å²) in [6.45, 7) is 0. The zero-order valence-corrected chi connectivity index (χ0v) is 11.1. The highest BCUT2D eigenvalue weighted by Crippen LogP contribution is 2.18. The third-order valence-corrected chi connectivity index (χ3v) is 2.49. The monoisotopic (exact) mass is 310 g/mol. The summed E-state index contributed by atoms with van der Waals surface area (Å²) in [6, 6.07) is 5.18. The molecule has 10 N–H and O–H groups in total. The van der Waals surface area contributed by atoms with Gasteiger partial charge in [-0.1, -0.05) is 0 Å². The third-order valence-electron chi connectivity index (χ3n) is 2.49. The molecule has 0 saturated heterocycles. The van der Waals surface area contributed by atoms with E-state index >= 15 is 0 Å². The van der Waals surface area contributed by atoms with Crippen LogP contribution in [-0.4, -0.2) is 23.6 Å². The predicted molar refractivity (Wildman–Crippen MR) is 74.4 cm³/mol. The molecule has 0 saturated carbocycles. The van der Waals surface area contributed by atoms with Crippen molar-refractivity contribution in [3.63, 3.8) is 0 Å². The topological polar surface area (TPSA) is 203 Å². The van der Waals surface area contributed by atoms with Crippen LogP contribution in [0.15, 0.2) is 24.3 Å². The van der Waals surface area contributed by atoms with E-state index in [1.54, 1.807) is 10.9 Å². The maximum absolute atomic E-state index is 11.5. The molecule has 118 valence electrons. The summed E-state index contributed by atoms with van der Waals surface area (Å²) in [5, 5.41) is 1.09. The van der Waals surface area contributed by atoms with Gasteiger partial charge in [-0.15, -0.1) is 0 Å². The lowest BCUT2D eigenvalue weighted by Crippen LogP contribution is -2.49. The van der Waals surface area contributed by atoms with Crippen LogP contribution < -0.4 is 44.2 Å². The summed E-state index contributed by atoms with van der Waals surface area (Å²) in [5.41, 5.74) is 3.53. The fourth-order valence-corrected chi connectivity index (χ4v) is 1.35. The Morgan fingerprint density at radius 2 is 1.00 bits per heavy atom. The summed E-state index contributed by atoms with van der Waals surface area (Å²) >= 11 is 0. The molecule has 12 heteroatoms. The largest absolute Gasteiger partial charge is 0.331 e. The lowest BCUT2D eigenvalue weighted by atomic mass is 10.2. The van der Waals surface area contributed by atoms with Crippen LogP contribution in [0.2, 0.25) is 0 Å². The fourth-order valence-electron chi connectivity index (χ4n) is 1.35. The molecule has 4 amide bonds. The average Bonchev–Trinajstić information content (AvgIpc) is 2.57. The minimum absolute atomic E-state index is 0.126. The first-order chi connectivity index (χ1) is 10.3. The van der Waals surface area contributed by atoms with Crippen molar-refractivity contribution in [2.24, 2.45) is 23.4 Å². The summed E-state index contributed by atoms with van der Waals surface area (Å²) < 4.78 is 0. The number of benzene rings is 1. The molecule has 0 atom stereocenters. The number of hydrazine groups is 4. The number of carbonyl (C=O) groups is 4. The van der Waals surface area contributed by atoms with Gasteiger partial charge in [-0.3, -0.25) is 30.0 Å². The molecule has 1 aromatic rings. The van der Waals surface area contributed by atoms with Crippen LogP contribution in [0.25, 0.3) is 0 Å². The zero-order chi connectivity index (χ0) is 16.9. The SMILES string of the molecule is NNC(=O)C(=O)N(N)c1ccc(N(N)C(=O)C(=O)NN)cc1. The van der Waals surface area contributed by atoms with E-state index in [0.29, 0.717) is 10.0 Å². The molecule has 0 aliphatic heterocycles. The number of nitrogens with zero attached hydrogens (tertiary/aromatic N) is 2. The second kappa shape index (κ2) is 7.09. The first-order valence-corrected chi connectivity index (χ1v) is 5.63. The van der Waals surface area contributed by atoms with E-state index in [1.807, 2.05) is 0 Å². The van der Waals surface area contributed by atoms with Crippen molar-refractivity contribution in [2.45, 2.75) is 0 Å². The minimum Gasteiger partial charge on any atom is -0.286 e. The van der Waals surface area contributed by atoms with Crippen molar-refractivity contribution < 1.29 is 19.2 Å². The molecule has 1 rings (SSSR count). The van der Waals surface area contributed by atoms with Gasteiger partial charge in [0.15, 0.2) is 0 Å². The lowest BCUT2D eigenvalue weighted by Gasteiger charge is -2.18. The van der Waals surface area contributed by atoms with Gasteiger partial charge in [0, 0.05) is 0 Å². The van der Waals surface area contributed by atoms with Crippen molar-refractivity contribution in [1.82, 2.24) is 10.9 Å². The Labute approximate surface area is 123 Å². The second-order valence-corrected chi connectivity index (χ2v) is 3.81. The lowest BCUT2D eigenvalue weighted by molar-refractivity contribution is -0.137. The van der Waals surface area contributed by atoms with Gasteiger partial charge < -0.3 is 0 Å². The standard InChI is InChI=1S/C10H14N8O4/c11-15-7(19)9(21)17(13)5-1-2-6(4-3-5)18(14)10(22)8(20)16-12/h1-4H,11-14H2,(H,15,19)(H,16,20). The maximum Gasteiger partial charge on any atom is 0.331 e. The normalized spacial score (nSPS) is 9.64. The van der Waals surface area contributed by atoms with Gasteiger partial charge >= 0.3 is 23.6 Å². The first kappa shape index (κ1) is 17.0. The van der Waals surface area contributed by atoms with Crippen LogP contribution in [0, 0.1) is 0 Å². The Kier molecular flexibility index (Phi) is 5.48. The van der Waals surface area contributed by atoms with Crippen LogP contribution >= 0.6 is 0 Å². The van der Waals surface area contributed by atoms with Crippen molar-refractivity contribution in [1.29, 1.82) is 0 Å². The second-order valence-electron chi connectivity index (χ2n) is 3.81. The zero-order valence-electron chi connectivity index (χ0n) is 11.1. The molecule has 0 unspecified atom stereocenters. The molecular formula is C10H14N8O4. The van der Waals surface area contributed by atoms with Gasteiger partial charge in [0.1, 0.15) is 0 Å².